The molecule has 2 amide bonds. The van der Waals surface area contributed by atoms with E-state index in [1.807, 2.05) is 0 Å². The average molecular weight is 431 g/mol. The molecule has 1 fully saturated rings. The molecule has 0 radical (unpaired) electrons. The maximum absolute atomic E-state index is 12.6. The summed E-state index contributed by atoms with van der Waals surface area (Å²) in [4.78, 5) is 49.2. The van der Waals surface area contributed by atoms with Crippen molar-refractivity contribution in [3.63, 3.8) is 0 Å². The normalized spacial score (nSPS) is 17.1. The zero-order valence-corrected chi connectivity index (χ0v) is 17.2. The van der Waals surface area contributed by atoms with Crippen molar-refractivity contribution >= 4 is 53.6 Å². The number of imide groups is 1. The third kappa shape index (κ3) is 5.70. The van der Waals surface area contributed by atoms with E-state index in [-0.39, 0.29) is 49.6 Å². The summed E-state index contributed by atoms with van der Waals surface area (Å²) in [5, 5.41) is -0.609. The fourth-order valence-electron chi connectivity index (χ4n) is 2.50. The van der Waals surface area contributed by atoms with Crippen molar-refractivity contribution < 1.29 is 28.7 Å². The number of benzene rings is 1. The zero-order valence-electron chi connectivity index (χ0n) is 15.6. The minimum Gasteiger partial charge on any atom is -0.465 e. The summed E-state index contributed by atoms with van der Waals surface area (Å²) in [5.41, 5.74) is 6.45. The van der Waals surface area contributed by atoms with Crippen LogP contribution in [0.25, 0.3) is 0 Å². The molecule has 28 heavy (non-hydrogen) atoms. The van der Waals surface area contributed by atoms with Gasteiger partial charge in [-0.3, -0.25) is 14.4 Å². The third-order valence-electron chi connectivity index (χ3n) is 3.81. The molecule has 0 bridgehead atoms. The Morgan fingerprint density at radius 1 is 1.18 bits per heavy atom. The van der Waals surface area contributed by atoms with Gasteiger partial charge in [0.25, 0.3) is 0 Å². The maximum Gasteiger partial charge on any atom is 0.338 e. The van der Waals surface area contributed by atoms with Gasteiger partial charge in [0.1, 0.15) is 6.04 Å². The highest BCUT2D eigenvalue weighted by Crippen LogP contribution is 2.30. The van der Waals surface area contributed by atoms with Gasteiger partial charge in [-0.1, -0.05) is 0 Å². The number of esters is 2. The second-order valence-corrected chi connectivity index (χ2v) is 6.96. The molecule has 154 valence electrons. The fourth-order valence-corrected chi connectivity index (χ4v) is 3.59. The Kier molecular flexibility index (Phi) is 9.44. The van der Waals surface area contributed by atoms with Gasteiger partial charge in [-0.05, 0) is 38.1 Å². The van der Waals surface area contributed by atoms with E-state index in [1.54, 1.807) is 13.8 Å². The van der Waals surface area contributed by atoms with Gasteiger partial charge < -0.3 is 15.2 Å². The van der Waals surface area contributed by atoms with Gasteiger partial charge in [0, 0.05) is 12.2 Å². The standard InChI is InChI=1S/C18H22N2O6S.ClH/c1-3-25-17(23)11-5-7-12(8-6-11)20-15(21)9-14(16(20)22)27-10-13(19)18(24)26-4-2;/h5-8,13-14H,3-4,9-10,19H2,1-2H3;1H. The zero-order chi connectivity index (χ0) is 20.0. The van der Waals surface area contributed by atoms with E-state index in [0.717, 1.165) is 16.7 Å². The number of carbonyl (C=O) groups excluding carboxylic acids is 4. The van der Waals surface area contributed by atoms with Crippen molar-refractivity contribution in [3.05, 3.63) is 29.8 Å². The molecule has 0 aromatic heterocycles. The molecule has 2 rings (SSSR count). The van der Waals surface area contributed by atoms with Gasteiger partial charge in [0.2, 0.25) is 11.8 Å². The number of nitrogens with zero attached hydrogens (tertiary/aromatic N) is 1. The molecular formula is C18H23ClN2O6S. The summed E-state index contributed by atoms with van der Waals surface area (Å²) < 4.78 is 9.73. The largest absolute Gasteiger partial charge is 0.465 e. The van der Waals surface area contributed by atoms with E-state index in [1.165, 1.54) is 24.3 Å². The lowest BCUT2D eigenvalue weighted by atomic mass is 10.2. The van der Waals surface area contributed by atoms with Crippen LogP contribution in [0.15, 0.2) is 24.3 Å². The number of ether oxygens (including phenoxy) is 2. The van der Waals surface area contributed by atoms with E-state index in [9.17, 15) is 19.2 Å². The molecule has 0 aliphatic carbocycles. The smallest absolute Gasteiger partial charge is 0.338 e. The van der Waals surface area contributed by atoms with Crippen LogP contribution in [0.4, 0.5) is 5.69 Å². The topological polar surface area (TPSA) is 116 Å². The van der Waals surface area contributed by atoms with E-state index < -0.39 is 23.2 Å². The number of carbonyl (C=O) groups is 4. The minimum absolute atomic E-state index is 0. The van der Waals surface area contributed by atoms with Crippen LogP contribution in [-0.4, -0.2) is 54.0 Å². The predicted molar refractivity (Wildman–Crippen MR) is 108 cm³/mol. The fraction of sp³-hybridized carbons (Fsp3) is 0.444. The molecule has 0 saturated carbocycles. The minimum atomic E-state index is -0.851. The Balaban J connectivity index is 0.00000392. The maximum atomic E-state index is 12.6. The molecule has 2 unspecified atom stereocenters. The summed E-state index contributed by atoms with van der Waals surface area (Å²) in [6, 6.07) is 5.21. The quantitative estimate of drug-likeness (QED) is 0.487. The molecule has 1 saturated heterocycles. The van der Waals surface area contributed by atoms with Crippen molar-refractivity contribution in [1.82, 2.24) is 0 Å². The predicted octanol–water partition coefficient (Wildman–Crippen LogP) is 1.54. The summed E-state index contributed by atoms with van der Waals surface area (Å²) >= 11 is 1.16. The Hall–Kier alpha value is -2.10. The molecule has 1 aliphatic rings. The second-order valence-electron chi connectivity index (χ2n) is 5.72. The number of halogens is 1. The number of nitrogens with two attached hydrogens (primary N) is 1. The molecule has 8 nitrogen and oxygen atoms in total. The SMILES string of the molecule is CCOC(=O)c1ccc(N2C(=O)CC(SCC(N)C(=O)OCC)C2=O)cc1.Cl. The first-order valence-corrected chi connectivity index (χ1v) is 9.61. The molecular weight excluding hydrogens is 408 g/mol. The first-order chi connectivity index (χ1) is 12.9. The average Bonchev–Trinajstić information content (AvgIpc) is 2.93. The Labute approximate surface area is 173 Å². The summed E-state index contributed by atoms with van der Waals surface area (Å²) in [6.45, 7) is 3.88. The van der Waals surface area contributed by atoms with Gasteiger partial charge in [-0.25, -0.2) is 9.69 Å². The molecule has 2 atom stereocenters. The van der Waals surface area contributed by atoms with Gasteiger partial charge in [-0.15, -0.1) is 24.2 Å². The summed E-state index contributed by atoms with van der Waals surface area (Å²) in [5.74, 6) is -1.54. The Bertz CT molecular complexity index is 727. The number of amides is 2. The third-order valence-corrected chi connectivity index (χ3v) is 5.13. The van der Waals surface area contributed by atoms with Crippen LogP contribution in [0.3, 0.4) is 0 Å². The lowest BCUT2D eigenvalue weighted by molar-refractivity contribution is -0.144. The van der Waals surface area contributed by atoms with Crippen LogP contribution >= 0.6 is 24.2 Å². The number of thioether (sulfide) groups is 1. The van der Waals surface area contributed by atoms with Gasteiger partial charge in [0.05, 0.1) is 29.7 Å². The molecule has 1 aromatic carbocycles. The molecule has 1 aromatic rings. The highest BCUT2D eigenvalue weighted by atomic mass is 35.5. The van der Waals surface area contributed by atoms with Crippen LogP contribution < -0.4 is 10.6 Å². The first-order valence-electron chi connectivity index (χ1n) is 8.56. The second kappa shape index (κ2) is 11.0. The van der Waals surface area contributed by atoms with Gasteiger partial charge in [-0.2, -0.15) is 0 Å². The van der Waals surface area contributed by atoms with Crippen LogP contribution in [0.2, 0.25) is 0 Å². The van der Waals surface area contributed by atoms with Crippen LogP contribution in [0, 0.1) is 0 Å². The number of anilines is 1. The van der Waals surface area contributed by atoms with Crippen molar-refractivity contribution in [1.29, 1.82) is 0 Å². The molecule has 10 heteroatoms. The van der Waals surface area contributed by atoms with Crippen molar-refractivity contribution in [3.8, 4) is 0 Å². The number of hydrogen-bond donors (Lipinski definition) is 1. The lowest BCUT2D eigenvalue weighted by Gasteiger charge is -2.16. The van der Waals surface area contributed by atoms with Crippen LogP contribution in [0.1, 0.15) is 30.6 Å². The monoisotopic (exact) mass is 430 g/mol. The summed E-state index contributed by atoms with van der Waals surface area (Å²) in [7, 11) is 0. The summed E-state index contributed by atoms with van der Waals surface area (Å²) in [6.07, 6.45) is 0.0265. The number of hydrogen-bond acceptors (Lipinski definition) is 8. The molecule has 1 aliphatic heterocycles. The Morgan fingerprint density at radius 2 is 1.79 bits per heavy atom. The Morgan fingerprint density at radius 3 is 2.36 bits per heavy atom. The van der Waals surface area contributed by atoms with E-state index in [0.29, 0.717) is 11.3 Å². The molecule has 0 spiro atoms. The van der Waals surface area contributed by atoms with E-state index >= 15 is 0 Å². The first kappa shape index (κ1) is 23.9. The molecule has 2 N–H and O–H groups in total. The highest BCUT2D eigenvalue weighted by Gasteiger charge is 2.40. The highest BCUT2D eigenvalue weighted by molar-refractivity contribution is 8.00. The van der Waals surface area contributed by atoms with Crippen LogP contribution in [-0.2, 0) is 23.9 Å². The van der Waals surface area contributed by atoms with Gasteiger partial charge in [0.15, 0.2) is 0 Å². The van der Waals surface area contributed by atoms with Gasteiger partial charge >= 0.3 is 11.9 Å². The van der Waals surface area contributed by atoms with E-state index in [2.05, 4.69) is 0 Å². The molecule has 1 heterocycles. The van der Waals surface area contributed by atoms with Crippen molar-refractivity contribution in [2.45, 2.75) is 31.6 Å². The van der Waals surface area contributed by atoms with Crippen molar-refractivity contribution in [2.75, 3.05) is 23.9 Å². The van der Waals surface area contributed by atoms with Crippen molar-refractivity contribution in [2.24, 2.45) is 5.73 Å². The lowest BCUT2D eigenvalue weighted by Crippen LogP contribution is -2.36. The van der Waals surface area contributed by atoms with E-state index in [4.69, 9.17) is 15.2 Å². The number of rotatable bonds is 8. The van der Waals surface area contributed by atoms with Crippen LogP contribution in [0.5, 0.6) is 0 Å².